The number of rotatable bonds is 6. The minimum absolute atomic E-state index is 0.259. The predicted octanol–water partition coefficient (Wildman–Crippen LogP) is 4.74. The number of morpholine rings is 1. The van der Waals surface area contributed by atoms with Crippen LogP contribution in [0.1, 0.15) is 25.6 Å². The normalized spacial score (nSPS) is 14.2. The third-order valence-corrected chi connectivity index (χ3v) is 6.14. The third-order valence-electron chi connectivity index (χ3n) is 4.94. The van der Waals surface area contributed by atoms with E-state index >= 15 is 0 Å². The van der Waals surface area contributed by atoms with Crippen molar-refractivity contribution in [3.63, 3.8) is 0 Å². The number of benzene rings is 2. The third kappa shape index (κ3) is 5.71. The second-order valence-corrected chi connectivity index (χ2v) is 8.52. The molecule has 2 N–H and O–H groups in total. The van der Waals surface area contributed by atoms with Crippen molar-refractivity contribution in [3.8, 4) is 0 Å². The molecule has 2 amide bonds. The lowest BCUT2D eigenvalue weighted by Crippen LogP contribution is -2.35. The molecule has 160 valence electrons. The van der Waals surface area contributed by atoms with Gasteiger partial charge in [-0.1, -0.05) is 29.8 Å². The van der Waals surface area contributed by atoms with Crippen molar-refractivity contribution < 1.29 is 14.3 Å². The number of ether oxygens (including phenoxy) is 1. The Labute approximate surface area is 189 Å². The summed E-state index contributed by atoms with van der Waals surface area (Å²) < 4.78 is 5.38. The van der Waals surface area contributed by atoms with Crippen molar-refractivity contribution in [1.82, 2.24) is 4.90 Å². The van der Waals surface area contributed by atoms with Gasteiger partial charge in [0.1, 0.15) is 0 Å². The predicted molar refractivity (Wildman–Crippen MR) is 124 cm³/mol. The highest BCUT2D eigenvalue weighted by atomic mass is 35.5. The van der Waals surface area contributed by atoms with Gasteiger partial charge in [0.25, 0.3) is 11.8 Å². The standard InChI is InChI=1S/C23H22ClN3O3S/c24-19-8-5-17(14-20(19)26-23(29)21-2-1-13-31-21)22(28)25-18-6-3-16(4-7-18)15-27-9-11-30-12-10-27/h1-8,13-14H,9-12,15H2,(H,25,28)(H,26,29). The molecule has 0 aliphatic carbocycles. The zero-order valence-electron chi connectivity index (χ0n) is 16.8. The summed E-state index contributed by atoms with van der Waals surface area (Å²) in [6.45, 7) is 4.26. The van der Waals surface area contributed by atoms with Gasteiger partial charge in [-0.25, -0.2) is 0 Å². The van der Waals surface area contributed by atoms with Gasteiger partial charge in [-0.3, -0.25) is 14.5 Å². The van der Waals surface area contributed by atoms with Crippen LogP contribution >= 0.6 is 22.9 Å². The SMILES string of the molecule is O=C(Nc1ccc(CN2CCOCC2)cc1)c1ccc(Cl)c(NC(=O)c2cccs2)c1. The summed E-state index contributed by atoms with van der Waals surface area (Å²) in [5.74, 6) is -0.533. The Bertz CT molecular complexity index is 1050. The van der Waals surface area contributed by atoms with E-state index < -0.39 is 0 Å². The Morgan fingerprint density at radius 3 is 2.48 bits per heavy atom. The lowest BCUT2D eigenvalue weighted by atomic mass is 10.1. The second-order valence-electron chi connectivity index (χ2n) is 7.17. The van der Waals surface area contributed by atoms with Crippen molar-refractivity contribution in [2.24, 2.45) is 0 Å². The van der Waals surface area contributed by atoms with Crippen LogP contribution in [0.15, 0.2) is 60.0 Å². The molecule has 0 unspecified atom stereocenters. The summed E-state index contributed by atoms with van der Waals surface area (Å²) in [6.07, 6.45) is 0. The molecule has 2 aromatic carbocycles. The lowest BCUT2D eigenvalue weighted by Gasteiger charge is -2.26. The lowest BCUT2D eigenvalue weighted by molar-refractivity contribution is 0.0342. The van der Waals surface area contributed by atoms with Gasteiger partial charge in [0.2, 0.25) is 0 Å². The molecular formula is C23H22ClN3O3S. The van der Waals surface area contributed by atoms with Crippen LogP contribution in [-0.4, -0.2) is 43.0 Å². The number of hydrogen-bond acceptors (Lipinski definition) is 5. The molecule has 3 aromatic rings. The molecule has 0 radical (unpaired) electrons. The molecule has 1 aliphatic rings. The van der Waals surface area contributed by atoms with Crippen LogP contribution in [0.25, 0.3) is 0 Å². The average Bonchev–Trinajstić information content (AvgIpc) is 3.32. The molecule has 0 bridgehead atoms. The van der Waals surface area contributed by atoms with E-state index in [1.165, 1.54) is 16.9 Å². The monoisotopic (exact) mass is 455 g/mol. The van der Waals surface area contributed by atoms with E-state index in [-0.39, 0.29) is 11.8 Å². The largest absolute Gasteiger partial charge is 0.379 e. The van der Waals surface area contributed by atoms with E-state index in [2.05, 4.69) is 15.5 Å². The molecule has 2 heterocycles. The highest BCUT2D eigenvalue weighted by Crippen LogP contribution is 2.25. The quantitative estimate of drug-likeness (QED) is 0.563. The molecule has 1 fully saturated rings. The molecule has 1 saturated heterocycles. The van der Waals surface area contributed by atoms with Crippen molar-refractivity contribution in [3.05, 3.63) is 81.0 Å². The van der Waals surface area contributed by atoms with E-state index in [1.807, 2.05) is 29.6 Å². The zero-order chi connectivity index (χ0) is 21.6. The molecule has 4 rings (SSSR count). The van der Waals surface area contributed by atoms with Gasteiger partial charge < -0.3 is 15.4 Å². The van der Waals surface area contributed by atoms with Crippen LogP contribution in [0.3, 0.4) is 0 Å². The van der Waals surface area contributed by atoms with Crippen LogP contribution in [-0.2, 0) is 11.3 Å². The number of nitrogens with zero attached hydrogens (tertiary/aromatic N) is 1. The van der Waals surface area contributed by atoms with Gasteiger partial charge in [0.05, 0.1) is 28.8 Å². The molecule has 8 heteroatoms. The molecule has 1 aliphatic heterocycles. The second kappa shape index (κ2) is 10.1. The first kappa shape index (κ1) is 21.5. The van der Waals surface area contributed by atoms with Crippen LogP contribution < -0.4 is 10.6 Å². The summed E-state index contributed by atoms with van der Waals surface area (Å²) >= 11 is 7.55. The molecule has 6 nitrogen and oxygen atoms in total. The number of amides is 2. The summed E-state index contributed by atoms with van der Waals surface area (Å²) in [5, 5.41) is 7.85. The van der Waals surface area contributed by atoms with Crippen molar-refractivity contribution in [2.45, 2.75) is 6.54 Å². The maximum absolute atomic E-state index is 12.7. The van der Waals surface area contributed by atoms with E-state index in [1.54, 1.807) is 30.3 Å². The maximum atomic E-state index is 12.7. The Balaban J connectivity index is 1.39. The molecule has 1 aromatic heterocycles. The van der Waals surface area contributed by atoms with Gasteiger partial charge >= 0.3 is 0 Å². The number of halogens is 1. The van der Waals surface area contributed by atoms with E-state index in [0.29, 0.717) is 26.8 Å². The Hall–Kier alpha value is -2.71. The number of hydrogen-bond donors (Lipinski definition) is 2. The van der Waals surface area contributed by atoms with Gasteiger partial charge in [-0.15, -0.1) is 11.3 Å². The van der Waals surface area contributed by atoms with Crippen molar-refractivity contribution in [2.75, 3.05) is 36.9 Å². The zero-order valence-corrected chi connectivity index (χ0v) is 18.3. The van der Waals surface area contributed by atoms with Gasteiger partial charge in [0.15, 0.2) is 0 Å². The van der Waals surface area contributed by atoms with Gasteiger partial charge in [0, 0.05) is 30.9 Å². The summed E-state index contributed by atoms with van der Waals surface area (Å²) in [5.41, 5.74) is 2.69. The molecule has 0 spiro atoms. The number of carbonyl (C=O) groups is 2. The Kier molecular flexibility index (Phi) is 6.99. The fourth-order valence-electron chi connectivity index (χ4n) is 3.27. The van der Waals surface area contributed by atoms with Gasteiger partial charge in [-0.05, 0) is 47.3 Å². The number of carbonyl (C=O) groups excluding carboxylic acids is 2. The minimum Gasteiger partial charge on any atom is -0.379 e. The number of anilines is 2. The summed E-state index contributed by atoms with van der Waals surface area (Å²) in [4.78, 5) is 27.9. The van der Waals surface area contributed by atoms with Crippen LogP contribution in [0, 0.1) is 0 Å². The van der Waals surface area contributed by atoms with Crippen LogP contribution in [0.2, 0.25) is 5.02 Å². The van der Waals surface area contributed by atoms with Gasteiger partial charge in [-0.2, -0.15) is 0 Å². The first-order valence-corrected chi connectivity index (χ1v) is 11.2. The summed E-state index contributed by atoms with van der Waals surface area (Å²) in [6, 6.07) is 16.2. The topological polar surface area (TPSA) is 70.7 Å². The molecule has 0 saturated carbocycles. The van der Waals surface area contributed by atoms with Crippen LogP contribution in [0.4, 0.5) is 11.4 Å². The molecule has 31 heavy (non-hydrogen) atoms. The maximum Gasteiger partial charge on any atom is 0.265 e. The first-order valence-electron chi connectivity index (χ1n) is 9.93. The van der Waals surface area contributed by atoms with Crippen molar-refractivity contribution >= 4 is 46.1 Å². The Morgan fingerprint density at radius 2 is 1.77 bits per heavy atom. The first-order chi connectivity index (χ1) is 15.1. The molecular weight excluding hydrogens is 434 g/mol. The smallest absolute Gasteiger partial charge is 0.265 e. The Morgan fingerprint density at radius 1 is 1.00 bits per heavy atom. The average molecular weight is 456 g/mol. The highest BCUT2D eigenvalue weighted by Gasteiger charge is 2.14. The summed E-state index contributed by atoms with van der Waals surface area (Å²) in [7, 11) is 0. The molecule has 0 atom stereocenters. The highest BCUT2D eigenvalue weighted by molar-refractivity contribution is 7.12. The van der Waals surface area contributed by atoms with Crippen LogP contribution in [0.5, 0.6) is 0 Å². The van der Waals surface area contributed by atoms with E-state index in [0.717, 1.165) is 32.8 Å². The number of nitrogens with one attached hydrogen (secondary N) is 2. The fourth-order valence-corrected chi connectivity index (χ4v) is 4.05. The number of thiophene rings is 1. The van der Waals surface area contributed by atoms with E-state index in [9.17, 15) is 9.59 Å². The van der Waals surface area contributed by atoms with E-state index in [4.69, 9.17) is 16.3 Å². The fraction of sp³-hybridized carbons (Fsp3) is 0.217. The minimum atomic E-state index is -0.274. The van der Waals surface area contributed by atoms with Crippen molar-refractivity contribution in [1.29, 1.82) is 0 Å².